The van der Waals surface area contributed by atoms with Gasteiger partial charge in [-0.05, 0) is 6.92 Å². The van der Waals surface area contributed by atoms with Crippen molar-refractivity contribution in [3.05, 3.63) is 24.8 Å². The highest BCUT2D eigenvalue weighted by Gasteiger charge is 2.23. The Bertz CT molecular complexity index is 393. The average Bonchev–Trinajstić information content (AvgIpc) is 2.88. The summed E-state index contributed by atoms with van der Waals surface area (Å²) in [6.45, 7) is 2.26. The fraction of sp³-hybridized carbons (Fsp3) is 0.500. The largest absolute Gasteiger partial charge is 0.369 e. The Labute approximate surface area is 86.3 Å². The van der Waals surface area contributed by atoms with E-state index in [4.69, 9.17) is 0 Å². The van der Waals surface area contributed by atoms with E-state index in [1.807, 2.05) is 0 Å². The van der Waals surface area contributed by atoms with E-state index in [1.165, 1.54) is 10.9 Å². The SMILES string of the molecule is CC(O)(CCn1ccnn1)n1ccnn1. The van der Waals surface area contributed by atoms with Gasteiger partial charge in [0.1, 0.15) is 0 Å². The molecule has 2 rings (SSSR count). The van der Waals surface area contributed by atoms with Crippen LogP contribution in [0.15, 0.2) is 24.8 Å². The fourth-order valence-electron chi connectivity index (χ4n) is 1.26. The second-order valence-corrected chi connectivity index (χ2v) is 3.48. The van der Waals surface area contributed by atoms with E-state index in [0.29, 0.717) is 13.0 Å². The molecule has 0 aliphatic rings. The van der Waals surface area contributed by atoms with Crippen LogP contribution in [-0.4, -0.2) is 35.1 Å². The molecule has 7 heteroatoms. The first-order valence-electron chi connectivity index (χ1n) is 4.62. The topological polar surface area (TPSA) is 81.6 Å². The molecule has 80 valence electrons. The van der Waals surface area contributed by atoms with E-state index in [0.717, 1.165) is 0 Å². The molecule has 2 aromatic rings. The van der Waals surface area contributed by atoms with E-state index >= 15 is 0 Å². The van der Waals surface area contributed by atoms with Crippen LogP contribution in [0.3, 0.4) is 0 Å². The Morgan fingerprint density at radius 1 is 1.20 bits per heavy atom. The molecular formula is C8H12N6O. The normalized spacial score (nSPS) is 15.1. The molecule has 0 aromatic carbocycles. The highest BCUT2D eigenvalue weighted by Crippen LogP contribution is 2.15. The van der Waals surface area contributed by atoms with Crippen LogP contribution >= 0.6 is 0 Å². The maximum atomic E-state index is 10.1. The maximum Gasteiger partial charge on any atom is 0.158 e. The number of aryl methyl sites for hydroxylation is 1. The molecule has 0 amide bonds. The van der Waals surface area contributed by atoms with Crippen LogP contribution in [0, 0.1) is 0 Å². The highest BCUT2D eigenvalue weighted by atomic mass is 16.3. The minimum absolute atomic E-state index is 0.486. The van der Waals surface area contributed by atoms with Gasteiger partial charge >= 0.3 is 0 Å². The summed E-state index contributed by atoms with van der Waals surface area (Å²) in [6, 6.07) is 0. The quantitative estimate of drug-likeness (QED) is 0.741. The van der Waals surface area contributed by atoms with Gasteiger partial charge in [-0.25, -0.2) is 4.68 Å². The zero-order valence-electron chi connectivity index (χ0n) is 8.35. The van der Waals surface area contributed by atoms with Crippen molar-refractivity contribution in [2.75, 3.05) is 0 Å². The molecule has 2 heterocycles. The number of aliphatic hydroxyl groups is 1. The monoisotopic (exact) mass is 208 g/mol. The van der Waals surface area contributed by atoms with Gasteiger partial charge in [0, 0.05) is 25.4 Å². The van der Waals surface area contributed by atoms with Gasteiger partial charge in [0.15, 0.2) is 5.72 Å². The van der Waals surface area contributed by atoms with Crippen molar-refractivity contribution in [1.29, 1.82) is 0 Å². The summed E-state index contributed by atoms with van der Waals surface area (Å²) >= 11 is 0. The second-order valence-electron chi connectivity index (χ2n) is 3.48. The van der Waals surface area contributed by atoms with Crippen molar-refractivity contribution in [2.24, 2.45) is 0 Å². The third-order valence-corrected chi connectivity index (χ3v) is 2.20. The number of hydrogen-bond donors (Lipinski definition) is 1. The lowest BCUT2D eigenvalue weighted by molar-refractivity contribution is -0.0437. The van der Waals surface area contributed by atoms with Gasteiger partial charge < -0.3 is 5.11 Å². The minimum atomic E-state index is -1.05. The fourth-order valence-corrected chi connectivity index (χ4v) is 1.26. The molecule has 0 saturated heterocycles. The predicted octanol–water partition coefficient (Wildman–Crippen LogP) is -0.375. The molecule has 0 bridgehead atoms. The lowest BCUT2D eigenvalue weighted by Gasteiger charge is -2.22. The zero-order valence-corrected chi connectivity index (χ0v) is 8.35. The van der Waals surface area contributed by atoms with E-state index in [9.17, 15) is 5.11 Å². The Morgan fingerprint density at radius 2 is 1.93 bits per heavy atom. The molecule has 0 saturated carbocycles. The lowest BCUT2D eigenvalue weighted by Crippen LogP contribution is -2.31. The molecule has 1 unspecified atom stereocenters. The van der Waals surface area contributed by atoms with Crippen molar-refractivity contribution in [2.45, 2.75) is 25.6 Å². The van der Waals surface area contributed by atoms with Crippen LogP contribution in [0.5, 0.6) is 0 Å². The summed E-state index contributed by atoms with van der Waals surface area (Å²) in [7, 11) is 0. The summed E-state index contributed by atoms with van der Waals surface area (Å²) in [5.74, 6) is 0. The third kappa shape index (κ3) is 2.18. The van der Waals surface area contributed by atoms with Crippen LogP contribution in [0.4, 0.5) is 0 Å². The first-order chi connectivity index (χ1) is 7.18. The van der Waals surface area contributed by atoms with Gasteiger partial charge in [-0.15, -0.1) is 10.2 Å². The van der Waals surface area contributed by atoms with Crippen molar-refractivity contribution in [3.63, 3.8) is 0 Å². The summed E-state index contributed by atoms with van der Waals surface area (Å²) in [6.07, 6.45) is 6.99. The molecule has 15 heavy (non-hydrogen) atoms. The predicted molar refractivity (Wildman–Crippen MR) is 50.5 cm³/mol. The maximum absolute atomic E-state index is 10.1. The van der Waals surface area contributed by atoms with E-state index in [-0.39, 0.29) is 0 Å². The Kier molecular flexibility index (Phi) is 2.46. The van der Waals surface area contributed by atoms with E-state index in [1.54, 1.807) is 30.2 Å². The molecule has 0 aliphatic heterocycles. The van der Waals surface area contributed by atoms with Gasteiger partial charge in [0.2, 0.25) is 0 Å². The van der Waals surface area contributed by atoms with Gasteiger partial charge in [-0.1, -0.05) is 10.4 Å². The molecule has 0 radical (unpaired) electrons. The molecule has 2 aromatic heterocycles. The van der Waals surface area contributed by atoms with Crippen molar-refractivity contribution in [3.8, 4) is 0 Å². The smallest absolute Gasteiger partial charge is 0.158 e. The van der Waals surface area contributed by atoms with Crippen LogP contribution < -0.4 is 0 Å². The van der Waals surface area contributed by atoms with Gasteiger partial charge in [-0.2, -0.15) is 0 Å². The van der Waals surface area contributed by atoms with Gasteiger partial charge in [0.25, 0.3) is 0 Å². The number of rotatable bonds is 4. The number of nitrogens with zero attached hydrogens (tertiary/aromatic N) is 6. The van der Waals surface area contributed by atoms with Gasteiger partial charge in [0.05, 0.1) is 12.4 Å². The molecule has 0 fully saturated rings. The Morgan fingerprint density at radius 3 is 2.53 bits per heavy atom. The second kappa shape index (κ2) is 3.77. The molecule has 0 aliphatic carbocycles. The minimum Gasteiger partial charge on any atom is -0.369 e. The Hall–Kier alpha value is -1.76. The summed E-state index contributed by atoms with van der Waals surface area (Å²) < 4.78 is 3.08. The zero-order chi connectivity index (χ0) is 10.7. The van der Waals surface area contributed by atoms with E-state index in [2.05, 4.69) is 20.6 Å². The molecule has 1 N–H and O–H groups in total. The summed E-state index contributed by atoms with van der Waals surface area (Å²) in [4.78, 5) is 0. The van der Waals surface area contributed by atoms with Crippen molar-refractivity contribution in [1.82, 2.24) is 30.0 Å². The van der Waals surface area contributed by atoms with Crippen molar-refractivity contribution >= 4 is 0 Å². The van der Waals surface area contributed by atoms with Crippen LogP contribution in [0.25, 0.3) is 0 Å². The molecule has 7 nitrogen and oxygen atoms in total. The van der Waals surface area contributed by atoms with Gasteiger partial charge in [-0.3, -0.25) is 4.68 Å². The third-order valence-electron chi connectivity index (χ3n) is 2.20. The van der Waals surface area contributed by atoms with Crippen LogP contribution in [0.2, 0.25) is 0 Å². The summed E-state index contributed by atoms with van der Waals surface area (Å²) in [5.41, 5.74) is -1.05. The standard InChI is InChI=1S/C8H12N6O/c1-8(15,14-7-4-10-12-14)2-5-13-6-3-9-11-13/h3-4,6-7,15H,2,5H2,1H3. The van der Waals surface area contributed by atoms with Crippen LogP contribution in [-0.2, 0) is 12.3 Å². The average molecular weight is 208 g/mol. The first-order valence-corrected chi connectivity index (χ1v) is 4.62. The first kappa shape index (κ1) is 9.78. The molecular weight excluding hydrogens is 196 g/mol. The van der Waals surface area contributed by atoms with E-state index < -0.39 is 5.72 Å². The summed E-state index contributed by atoms with van der Waals surface area (Å²) in [5, 5.41) is 25.0. The number of aromatic nitrogens is 6. The molecule has 0 spiro atoms. The highest BCUT2D eigenvalue weighted by molar-refractivity contribution is 4.75. The lowest BCUT2D eigenvalue weighted by atomic mass is 10.2. The molecule has 1 atom stereocenters. The number of hydrogen-bond acceptors (Lipinski definition) is 5. The van der Waals surface area contributed by atoms with Crippen LogP contribution in [0.1, 0.15) is 13.3 Å². The Balaban J connectivity index is 1.99. The van der Waals surface area contributed by atoms with Crippen molar-refractivity contribution < 1.29 is 5.11 Å².